The van der Waals surface area contributed by atoms with Gasteiger partial charge in [0.2, 0.25) is 0 Å². The molecule has 0 saturated heterocycles. The van der Waals surface area contributed by atoms with Gasteiger partial charge in [0.15, 0.2) is 0 Å². The van der Waals surface area contributed by atoms with Crippen LogP contribution < -0.4 is 15.0 Å². The summed E-state index contributed by atoms with van der Waals surface area (Å²) in [6.07, 6.45) is 1.12. The Morgan fingerprint density at radius 3 is 2.71 bits per heavy atom. The van der Waals surface area contributed by atoms with E-state index in [1.54, 1.807) is 7.11 Å². The summed E-state index contributed by atoms with van der Waals surface area (Å²) < 4.78 is 5.53. The van der Waals surface area contributed by atoms with Crippen molar-refractivity contribution in [3.05, 3.63) is 23.3 Å². The zero-order valence-corrected chi connectivity index (χ0v) is 11.0. The van der Waals surface area contributed by atoms with Crippen molar-refractivity contribution in [2.45, 2.75) is 26.8 Å². The zero-order chi connectivity index (χ0) is 12.3. The third-order valence-electron chi connectivity index (χ3n) is 3.52. The quantitative estimate of drug-likeness (QED) is 0.864. The Bertz CT molecular complexity index is 386. The molecular weight excluding hydrogens is 212 g/mol. The molecule has 3 nitrogen and oxygen atoms in total. The highest BCUT2D eigenvalue weighted by atomic mass is 16.5. The summed E-state index contributed by atoms with van der Waals surface area (Å²) in [4.78, 5) is 2.38. The van der Waals surface area contributed by atoms with Gasteiger partial charge in [0.25, 0.3) is 0 Å². The minimum Gasteiger partial charge on any atom is -0.495 e. The Kier molecular flexibility index (Phi) is 3.89. The average molecular weight is 234 g/mol. The van der Waals surface area contributed by atoms with Crippen LogP contribution >= 0.6 is 0 Å². The standard InChI is InChI=1S/C14H22N2O/c1-4-16(5-2)14-12-10-15-9-8-11(12)6-7-13(14)17-3/h6-7,15H,4-5,8-10H2,1-3H3. The number of rotatable bonds is 4. The van der Waals surface area contributed by atoms with Crippen molar-refractivity contribution in [3.63, 3.8) is 0 Å². The highest BCUT2D eigenvalue weighted by Crippen LogP contribution is 2.35. The number of methoxy groups -OCH3 is 1. The highest BCUT2D eigenvalue weighted by molar-refractivity contribution is 5.66. The molecule has 1 aliphatic heterocycles. The Morgan fingerprint density at radius 2 is 2.06 bits per heavy atom. The summed E-state index contributed by atoms with van der Waals surface area (Å²) in [5.41, 5.74) is 4.16. The molecule has 1 N–H and O–H groups in total. The van der Waals surface area contributed by atoms with Gasteiger partial charge in [-0.1, -0.05) is 6.07 Å². The van der Waals surface area contributed by atoms with Crippen LogP contribution in [0.2, 0.25) is 0 Å². The normalized spacial score (nSPS) is 14.3. The van der Waals surface area contributed by atoms with Gasteiger partial charge in [-0.15, -0.1) is 0 Å². The van der Waals surface area contributed by atoms with Crippen molar-refractivity contribution in [1.29, 1.82) is 0 Å². The van der Waals surface area contributed by atoms with Crippen molar-refractivity contribution < 1.29 is 4.74 Å². The van der Waals surface area contributed by atoms with Crippen molar-refractivity contribution in [3.8, 4) is 5.75 Å². The van der Waals surface area contributed by atoms with Gasteiger partial charge in [-0.25, -0.2) is 0 Å². The van der Waals surface area contributed by atoms with E-state index in [-0.39, 0.29) is 0 Å². The molecule has 0 spiro atoms. The molecule has 0 aliphatic carbocycles. The van der Waals surface area contributed by atoms with Gasteiger partial charge in [-0.2, -0.15) is 0 Å². The number of fused-ring (bicyclic) bond motifs is 1. The molecule has 1 aromatic rings. The second-order valence-corrected chi connectivity index (χ2v) is 4.35. The summed E-state index contributed by atoms with van der Waals surface area (Å²) in [5, 5.41) is 3.45. The lowest BCUT2D eigenvalue weighted by Gasteiger charge is -2.30. The number of anilines is 1. The molecule has 94 valence electrons. The maximum Gasteiger partial charge on any atom is 0.142 e. The van der Waals surface area contributed by atoms with Crippen LogP contribution in [0.5, 0.6) is 5.75 Å². The minimum atomic E-state index is 0.957. The lowest BCUT2D eigenvalue weighted by Crippen LogP contribution is -2.29. The fourth-order valence-corrected chi connectivity index (χ4v) is 2.58. The zero-order valence-electron chi connectivity index (χ0n) is 11.0. The van der Waals surface area contributed by atoms with Gasteiger partial charge >= 0.3 is 0 Å². The molecule has 0 amide bonds. The Balaban J connectivity index is 2.51. The maximum atomic E-state index is 5.53. The van der Waals surface area contributed by atoms with E-state index in [1.165, 1.54) is 16.8 Å². The SMILES string of the molecule is CCN(CC)c1c(OC)ccc2c1CNCC2. The molecule has 0 aromatic heterocycles. The summed E-state index contributed by atoms with van der Waals surface area (Å²) in [6, 6.07) is 4.32. The van der Waals surface area contributed by atoms with Crippen molar-refractivity contribution in [2.75, 3.05) is 31.6 Å². The first-order valence-electron chi connectivity index (χ1n) is 6.46. The molecular formula is C14H22N2O. The van der Waals surface area contributed by atoms with E-state index in [0.29, 0.717) is 0 Å². The number of nitrogens with one attached hydrogen (secondary N) is 1. The van der Waals surface area contributed by atoms with Crippen LogP contribution in [0.3, 0.4) is 0 Å². The molecule has 3 heteroatoms. The van der Waals surface area contributed by atoms with Crippen LogP contribution in [-0.4, -0.2) is 26.7 Å². The average Bonchev–Trinajstić information content (AvgIpc) is 2.40. The van der Waals surface area contributed by atoms with Crippen LogP contribution in [0.25, 0.3) is 0 Å². The van der Waals surface area contributed by atoms with Gasteiger partial charge in [0.1, 0.15) is 5.75 Å². The molecule has 0 bridgehead atoms. The first-order chi connectivity index (χ1) is 8.31. The summed E-state index contributed by atoms with van der Waals surface area (Å²) in [5.74, 6) is 0.996. The van der Waals surface area contributed by atoms with E-state index in [4.69, 9.17) is 4.74 Å². The van der Waals surface area contributed by atoms with Gasteiger partial charge < -0.3 is 15.0 Å². The molecule has 0 unspecified atom stereocenters. The van der Waals surface area contributed by atoms with Gasteiger partial charge in [-0.05, 0) is 44.0 Å². The van der Waals surface area contributed by atoms with Gasteiger partial charge in [-0.3, -0.25) is 0 Å². The largest absolute Gasteiger partial charge is 0.495 e. The molecule has 2 rings (SSSR count). The molecule has 0 radical (unpaired) electrons. The number of hydrogen-bond donors (Lipinski definition) is 1. The van der Waals surface area contributed by atoms with E-state index in [0.717, 1.165) is 38.3 Å². The number of ether oxygens (including phenoxy) is 1. The fraction of sp³-hybridized carbons (Fsp3) is 0.571. The maximum absolute atomic E-state index is 5.53. The van der Waals surface area contributed by atoms with Crippen molar-refractivity contribution >= 4 is 5.69 Å². The van der Waals surface area contributed by atoms with Crippen LogP contribution in [0, 0.1) is 0 Å². The number of benzene rings is 1. The molecule has 0 saturated carbocycles. The molecule has 1 aliphatic rings. The minimum absolute atomic E-state index is 0.957. The van der Waals surface area contributed by atoms with E-state index < -0.39 is 0 Å². The lowest BCUT2D eigenvalue weighted by molar-refractivity contribution is 0.413. The Morgan fingerprint density at radius 1 is 1.29 bits per heavy atom. The Hall–Kier alpha value is -1.22. The second-order valence-electron chi connectivity index (χ2n) is 4.35. The smallest absolute Gasteiger partial charge is 0.142 e. The lowest BCUT2D eigenvalue weighted by atomic mass is 9.98. The molecule has 1 aromatic carbocycles. The van der Waals surface area contributed by atoms with E-state index in [2.05, 4.69) is 36.2 Å². The molecule has 17 heavy (non-hydrogen) atoms. The van der Waals surface area contributed by atoms with Crippen LogP contribution in [0.15, 0.2) is 12.1 Å². The topological polar surface area (TPSA) is 24.5 Å². The first kappa shape index (κ1) is 12.2. The van der Waals surface area contributed by atoms with Crippen molar-refractivity contribution in [2.24, 2.45) is 0 Å². The second kappa shape index (κ2) is 5.41. The third kappa shape index (κ3) is 2.25. The number of nitrogens with zero attached hydrogens (tertiary/aromatic N) is 1. The predicted molar refractivity (Wildman–Crippen MR) is 72.0 cm³/mol. The van der Waals surface area contributed by atoms with E-state index >= 15 is 0 Å². The van der Waals surface area contributed by atoms with Crippen LogP contribution in [0.1, 0.15) is 25.0 Å². The van der Waals surface area contributed by atoms with Gasteiger partial charge in [0, 0.05) is 19.6 Å². The number of hydrogen-bond acceptors (Lipinski definition) is 3. The van der Waals surface area contributed by atoms with Crippen LogP contribution in [0.4, 0.5) is 5.69 Å². The van der Waals surface area contributed by atoms with E-state index in [9.17, 15) is 0 Å². The van der Waals surface area contributed by atoms with Crippen molar-refractivity contribution in [1.82, 2.24) is 5.32 Å². The van der Waals surface area contributed by atoms with Gasteiger partial charge in [0.05, 0.1) is 12.8 Å². The summed E-state index contributed by atoms with van der Waals surface area (Å²) in [6.45, 7) is 8.46. The summed E-state index contributed by atoms with van der Waals surface area (Å²) >= 11 is 0. The molecule has 0 fully saturated rings. The third-order valence-corrected chi connectivity index (χ3v) is 3.52. The predicted octanol–water partition coefficient (Wildman–Crippen LogP) is 2.19. The highest BCUT2D eigenvalue weighted by Gasteiger charge is 2.19. The monoisotopic (exact) mass is 234 g/mol. The molecule has 1 heterocycles. The first-order valence-corrected chi connectivity index (χ1v) is 6.46. The van der Waals surface area contributed by atoms with E-state index in [1.807, 2.05) is 0 Å². The summed E-state index contributed by atoms with van der Waals surface area (Å²) in [7, 11) is 1.75. The Labute approximate surface area is 104 Å². The fourth-order valence-electron chi connectivity index (χ4n) is 2.58. The van der Waals surface area contributed by atoms with Crippen LogP contribution in [-0.2, 0) is 13.0 Å². The molecule has 0 atom stereocenters.